The van der Waals surface area contributed by atoms with E-state index in [1.807, 2.05) is 60.1 Å². The Labute approximate surface area is 158 Å². The Morgan fingerprint density at radius 1 is 1.15 bits per heavy atom. The molecule has 0 aliphatic heterocycles. The van der Waals surface area contributed by atoms with Crippen molar-refractivity contribution in [2.75, 3.05) is 5.32 Å². The predicted molar refractivity (Wildman–Crippen MR) is 105 cm³/mol. The standard InChI is InChI=1S/C20H15BrN4O/c1-13-4-3-7-25-12-18(24-19(13)25)14-5-2-6-17(9-14)23-20(26)15-8-16(21)11-22-10-15/h2-12H,1H3,(H,23,26). The van der Waals surface area contributed by atoms with Crippen LogP contribution >= 0.6 is 15.9 Å². The van der Waals surface area contributed by atoms with Crippen molar-refractivity contribution in [3.63, 3.8) is 0 Å². The van der Waals surface area contributed by atoms with Crippen LogP contribution in [0.3, 0.4) is 0 Å². The van der Waals surface area contributed by atoms with Gasteiger partial charge < -0.3 is 9.72 Å². The van der Waals surface area contributed by atoms with Gasteiger partial charge in [0.15, 0.2) is 0 Å². The molecular formula is C20H15BrN4O. The van der Waals surface area contributed by atoms with E-state index in [0.717, 1.165) is 26.9 Å². The number of pyridine rings is 2. The third-order valence-electron chi connectivity index (χ3n) is 4.06. The van der Waals surface area contributed by atoms with Crippen LogP contribution in [0.4, 0.5) is 5.69 Å². The maximum Gasteiger partial charge on any atom is 0.257 e. The fraction of sp³-hybridized carbons (Fsp3) is 0.0500. The quantitative estimate of drug-likeness (QED) is 0.535. The fourth-order valence-electron chi connectivity index (χ4n) is 2.79. The number of aryl methyl sites for hydroxylation is 1. The third kappa shape index (κ3) is 3.23. The molecule has 128 valence electrons. The van der Waals surface area contributed by atoms with E-state index in [0.29, 0.717) is 11.3 Å². The Morgan fingerprint density at radius 3 is 2.85 bits per heavy atom. The molecule has 0 radical (unpaired) electrons. The number of imidazole rings is 1. The Bertz CT molecular complexity index is 1120. The van der Waals surface area contributed by atoms with Crippen LogP contribution in [0.15, 0.2) is 71.7 Å². The minimum Gasteiger partial charge on any atom is -0.322 e. The van der Waals surface area contributed by atoms with Gasteiger partial charge in [-0.05, 0) is 52.7 Å². The topological polar surface area (TPSA) is 59.3 Å². The second kappa shape index (κ2) is 6.72. The Hall–Kier alpha value is -2.99. The van der Waals surface area contributed by atoms with Crippen molar-refractivity contribution in [2.45, 2.75) is 6.92 Å². The predicted octanol–water partition coefficient (Wildman–Crippen LogP) is 4.72. The Balaban J connectivity index is 1.64. The lowest BCUT2D eigenvalue weighted by Crippen LogP contribution is -2.12. The largest absolute Gasteiger partial charge is 0.322 e. The van der Waals surface area contributed by atoms with Gasteiger partial charge >= 0.3 is 0 Å². The first-order chi connectivity index (χ1) is 12.6. The molecule has 0 fully saturated rings. The van der Waals surface area contributed by atoms with Crippen LogP contribution < -0.4 is 5.32 Å². The molecule has 1 aromatic carbocycles. The first-order valence-electron chi connectivity index (χ1n) is 8.07. The van der Waals surface area contributed by atoms with E-state index in [-0.39, 0.29) is 5.91 Å². The number of benzene rings is 1. The summed E-state index contributed by atoms with van der Waals surface area (Å²) in [5.74, 6) is -0.207. The molecule has 4 aromatic rings. The van der Waals surface area contributed by atoms with E-state index < -0.39 is 0 Å². The highest BCUT2D eigenvalue weighted by molar-refractivity contribution is 9.10. The van der Waals surface area contributed by atoms with Crippen LogP contribution in [0.25, 0.3) is 16.9 Å². The third-order valence-corrected chi connectivity index (χ3v) is 4.49. The van der Waals surface area contributed by atoms with Crippen LogP contribution in [0, 0.1) is 6.92 Å². The first kappa shape index (κ1) is 16.5. The zero-order valence-electron chi connectivity index (χ0n) is 14.0. The highest BCUT2D eigenvalue weighted by Crippen LogP contribution is 2.24. The highest BCUT2D eigenvalue weighted by atomic mass is 79.9. The number of nitrogens with one attached hydrogen (secondary N) is 1. The van der Waals surface area contributed by atoms with Crippen LogP contribution in [-0.2, 0) is 0 Å². The fourth-order valence-corrected chi connectivity index (χ4v) is 3.15. The van der Waals surface area contributed by atoms with Crippen LogP contribution in [-0.4, -0.2) is 20.3 Å². The van der Waals surface area contributed by atoms with Gasteiger partial charge in [0.2, 0.25) is 0 Å². The van der Waals surface area contributed by atoms with Crippen LogP contribution in [0.5, 0.6) is 0 Å². The van der Waals surface area contributed by atoms with Crippen molar-refractivity contribution in [3.05, 3.63) is 82.9 Å². The summed E-state index contributed by atoms with van der Waals surface area (Å²) >= 11 is 3.33. The maximum atomic E-state index is 12.4. The number of halogens is 1. The average Bonchev–Trinajstić information content (AvgIpc) is 3.08. The van der Waals surface area contributed by atoms with Crippen molar-refractivity contribution >= 4 is 33.2 Å². The molecule has 3 heterocycles. The smallest absolute Gasteiger partial charge is 0.257 e. The summed E-state index contributed by atoms with van der Waals surface area (Å²) < 4.78 is 2.77. The van der Waals surface area contributed by atoms with Crippen LogP contribution in [0.1, 0.15) is 15.9 Å². The summed E-state index contributed by atoms with van der Waals surface area (Å²) in [6, 6.07) is 13.4. The summed E-state index contributed by atoms with van der Waals surface area (Å²) in [5.41, 5.74) is 5.05. The van der Waals surface area contributed by atoms with E-state index in [4.69, 9.17) is 4.98 Å². The monoisotopic (exact) mass is 406 g/mol. The first-order valence-corrected chi connectivity index (χ1v) is 8.86. The minimum absolute atomic E-state index is 0.207. The zero-order valence-corrected chi connectivity index (χ0v) is 15.6. The molecule has 0 unspecified atom stereocenters. The van der Waals surface area contributed by atoms with Gasteiger partial charge in [0.1, 0.15) is 5.65 Å². The average molecular weight is 407 g/mol. The van der Waals surface area contributed by atoms with Crippen molar-refractivity contribution in [1.82, 2.24) is 14.4 Å². The Morgan fingerprint density at radius 2 is 2.04 bits per heavy atom. The van der Waals surface area contributed by atoms with Crippen molar-refractivity contribution in [1.29, 1.82) is 0 Å². The summed E-state index contributed by atoms with van der Waals surface area (Å²) in [6.07, 6.45) is 7.14. The number of rotatable bonds is 3. The summed E-state index contributed by atoms with van der Waals surface area (Å²) in [4.78, 5) is 21.1. The SMILES string of the molecule is Cc1cccn2cc(-c3cccc(NC(=O)c4cncc(Br)c4)c3)nc12. The summed E-state index contributed by atoms with van der Waals surface area (Å²) in [6.45, 7) is 2.04. The van der Waals surface area contributed by atoms with E-state index in [1.165, 1.54) is 6.20 Å². The molecule has 26 heavy (non-hydrogen) atoms. The van der Waals surface area contributed by atoms with Crippen molar-refractivity contribution in [2.24, 2.45) is 0 Å². The normalized spacial score (nSPS) is 10.8. The molecule has 5 nitrogen and oxygen atoms in total. The van der Waals surface area contributed by atoms with Gasteiger partial charge in [0.05, 0.1) is 11.3 Å². The van der Waals surface area contributed by atoms with Gasteiger partial charge in [0.25, 0.3) is 5.91 Å². The molecule has 3 aromatic heterocycles. The second-order valence-electron chi connectivity index (χ2n) is 5.97. The molecule has 0 saturated carbocycles. The number of anilines is 1. The van der Waals surface area contributed by atoms with E-state index >= 15 is 0 Å². The number of nitrogens with zero attached hydrogens (tertiary/aromatic N) is 3. The lowest BCUT2D eigenvalue weighted by atomic mass is 10.1. The van der Waals surface area contributed by atoms with Gasteiger partial charge in [-0.15, -0.1) is 0 Å². The number of carbonyl (C=O) groups is 1. The van der Waals surface area contributed by atoms with Crippen LogP contribution in [0.2, 0.25) is 0 Å². The van der Waals surface area contributed by atoms with Gasteiger partial charge in [-0.3, -0.25) is 9.78 Å². The minimum atomic E-state index is -0.207. The van der Waals surface area contributed by atoms with E-state index in [1.54, 1.807) is 12.3 Å². The number of aromatic nitrogens is 3. The maximum absolute atomic E-state index is 12.4. The molecule has 6 heteroatoms. The summed E-state index contributed by atoms with van der Waals surface area (Å²) in [7, 11) is 0. The highest BCUT2D eigenvalue weighted by Gasteiger charge is 2.10. The molecule has 1 N–H and O–H groups in total. The molecule has 0 aliphatic carbocycles. The number of hydrogen-bond acceptors (Lipinski definition) is 3. The van der Waals surface area contributed by atoms with Gasteiger partial charge in [0, 0.05) is 40.5 Å². The molecule has 0 aliphatic rings. The summed E-state index contributed by atoms with van der Waals surface area (Å²) in [5, 5.41) is 2.91. The number of carbonyl (C=O) groups excluding carboxylic acids is 1. The Kier molecular flexibility index (Phi) is 4.26. The van der Waals surface area contributed by atoms with Crippen molar-refractivity contribution < 1.29 is 4.79 Å². The van der Waals surface area contributed by atoms with E-state index in [9.17, 15) is 4.79 Å². The second-order valence-corrected chi connectivity index (χ2v) is 6.89. The zero-order chi connectivity index (χ0) is 18.1. The molecule has 0 spiro atoms. The van der Waals surface area contributed by atoms with E-state index in [2.05, 4.69) is 26.2 Å². The lowest BCUT2D eigenvalue weighted by molar-refractivity contribution is 0.102. The van der Waals surface area contributed by atoms with Crippen molar-refractivity contribution in [3.8, 4) is 11.3 Å². The van der Waals surface area contributed by atoms with Gasteiger partial charge in [-0.25, -0.2) is 4.98 Å². The lowest BCUT2D eigenvalue weighted by Gasteiger charge is -2.06. The number of hydrogen-bond donors (Lipinski definition) is 1. The van der Waals surface area contributed by atoms with Gasteiger partial charge in [-0.2, -0.15) is 0 Å². The number of fused-ring (bicyclic) bond motifs is 1. The number of amides is 1. The molecule has 0 bridgehead atoms. The molecule has 4 rings (SSSR count). The van der Waals surface area contributed by atoms with Gasteiger partial charge in [-0.1, -0.05) is 18.2 Å². The molecule has 1 amide bonds. The molecule has 0 atom stereocenters. The molecule has 0 saturated heterocycles. The molecular weight excluding hydrogens is 392 g/mol.